The lowest BCUT2D eigenvalue weighted by molar-refractivity contribution is -0.118. The number of Topliss-reactive ketones (excluding diaryl/α,β-unsaturated/α-hetero) is 1. The van der Waals surface area contributed by atoms with Crippen LogP contribution in [0.3, 0.4) is 0 Å². The molecule has 2 aliphatic rings. The number of methoxy groups -OCH3 is 2. The van der Waals surface area contributed by atoms with E-state index < -0.39 is 0 Å². The maximum Gasteiger partial charge on any atom is 0.166 e. The predicted molar refractivity (Wildman–Crippen MR) is 132 cm³/mol. The van der Waals surface area contributed by atoms with Crippen LogP contribution in [0.1, 0.15) is 57.2 Å². The lowest BCUT2D eigenvalue weighted by atomic mass is 9.82. The maximum absolute atomic E-state index is 13.4. The molecular formula is C29H38O3. The van der Waals surface area contributed by atoms with Gasteiger partial charge < -0.3 is 9.47 Å². The van der Waals surface area contributed by atoms with Gasteiger partial charge >= 0.3 is 0 Å². The Morgan fingerprint density at radius 2 is 1.94 bits per heavy atom. The average Bonchev–Trinajstić information content (AvgIpc) is 3.22. The summed E-state index contributed by atoms with van der Waals surface area (Å²) in [6, 6.07) is 6.78. The quantitative estimate of drug-likeness (QED) is 0.474. The summed E-state index contributed by atoms with van der Waals surface area (Å²) in [5.41, 5.74) is 7.41. The van der Waals surface area contributed by atoms with E-state index in [9.17, 15) is 4.79 Å². The van der Waals surface area contributed by atoms with E-state index in [1.807, 2.05) is 19.1 Å². The van der Waals surface area contributed by atoms with Crippen LogP contribution in [-0.4, -0.2) is 26.6 Å². The third-order valence-corrected chi connectivity index (χ3v) is 6.72. The molecule has 3 nitrogen and oxygen atoms in total. The molecule has 2 aliphatic carbocycles. The Bertz CT molecular complexity index is 982. The Morgan fingerprint density at radius 3 is 2.59 bits per heavy atom. The van der Waals surface area contributed by atoms with Crippen molar-refractivity contribution in [2.24, 2.45) is 11.8 Å². The SMILES string of the molecule is COCC1C=CC(OC)=C(C(C)C(=O)C2=CC=C(Cc3cc(C(C)(C)C)ccc3C)C2)C1. The van der Waals surface area contributed by atoms with Crippen molar-refractivity contribution in [1.82, 2.24) is 0 Å². The largest absolute Gasteiger partial charge is 0.497 e. The summed E-state index contributed by atoms with van der Waals surface area (Å²) in [5, 5.41) is 0. The molecule has 0 saturated heterocycles. The fourth-order valence-electron chi connectivity index (χ4n) is 4.58. The summed E-state index contributed by atoms with van der Waals surface area (Å²) in [6.07, 6.45) is 10.7. The standard InChI is InChI=1S/C29H38O3/c1-19-8-12-25(29(3,4)5)17-24(19)15-21-9-11-23(14-21)28(30)20(2)26-16-22(18-31-6)10-13-27(26)32-7/h8-13,17,20,22H,14-16,18H2,1-7H3. The van der Waals surface area contributed by atoms with Crippen LogP contribution in [0.5, 0.6) is 0 Å². The molecule has 0 radical (unpaired) electrons. The van der Waals surface area contributed by atoms with Crippen LogP contribution in [0.4, 0.5) is 0 Å². The van der Waals surface area contributed by atoms with Gasteiger partial charge in [-0.05, 0) is 65.5 Å². The number of benzene rings is 1. The third kappa shape index (κ3) is 5.50. The van der Waals surface area contributed by atoms with E-state index in [4.69, 9.17) is 9.47 Å². The van der Waals surface area contributed by atoms with Crippen molar-refractivity contribution in [1.29, 1.82) is 0 Å². The van der Waals surface area contributed by atoms with E-state index in [0.29, 0.717) is 6.61 Å². The summed E-state index contributed by atoms with van der Waals surface area (Å²) in [6.45, 7) is 11.6. The van der Waals surface area contributed by atoms with Crippen LogP contribution in [0, 0.1) is 18.8 Å². The zero-order valence-electron chi connectivity index (χ0n) is 20.7. The van der Waals surface area contributed by atoms with Gasteiger partial charge in [0.2, 0.25) is 0 Å². The van der Waals surface area contributed by atoms with Gasteiger partial charge in [0.05, 0.1) is 13.7 Å². The Morgan fingerprint density at radius 1 is 1.19 bits per heavy atom. The van der Waals surface area contributed by atoms with E-state index in [-0.39, 0.29) is 23.0 Å². The molecule has 2 unspecified atom stereocenters. The molecule has 0 aliphatic heterocycles. The number of allylic oxidation sites excluding steroid dienone is 6. The first-order chi connectivity index (χ1) is 15.1. The van der Waals surface area contributed by atoms with Gasteiger partial charge in [-0.15, -0.1) is 0 Å². The van der Waals surface area contributed by atoms with Gasteiger partial charge in [-0.2, -0.15) is 0 Å². The number of hydrogen-bond donors (Lipinski definition) is 0. The fourth-order valence-corrected chi connectivity index (χ4v) is 4.58. The molecule has 0 N–H and O–H groups in total. The number of aryl methyl sites for hydroxylation is 1. The van der Waals surface area contributed by atoms with Crippen LogP contribution in [0.15, 0.2) is 65.0 Å². The highest BCUT2D eigenvalue weighted by molar-refractivity contribution is 6.00. The minimum atomic E-state index is -0.195. The van der Waals surface area contributed by atoms with Crippen molar-refractivity contribution in [2.75, 3.05) is 20.8 Å². The van der Waals surface area contributed by atoms with Crippen LogP contribution >= 0.6 is 0 Å². The number of carbonyl (C=O) groups is 1. The second-order valence-electron chi connectivity index (χ2n) is 10.2. The Kier molecular flexibility index (Phi) is 7.61. The minimum Gasteiger partial charge on any atom is -0.497 e. The number of ketones is 1. The van der Waals surface area contributed by atoms with Crippen molar-refractivity contribution in [3.63, 3.8) is 0 Å². The van der Waals surface area contributed by atoms with Crippen molar-refractivity contribution in [3.05, 3.63) is 81.7 Å². The smallest absolute Gasteiger partial charge is 0.166 e. The minimum absolute atomic E-state index is 0.128. The van der Waals surface area contributed by atoms with Gasteiger partial charge in [-0.25, -0.2) is 0 Å². The highest BCUT2D eigenvalue weighted by atomic mass is 16.5. The Labute approximate surface area is 193 Å². The molecule has 1 aromatic carbocycles. The first-order valence-electron chi connectivity index (χ1n) is 11.6. The molecule has 0 fully saturated rings. The van der Waals surface area contributed by atoms with Gasteiger partial charge in [-0.1, -0.05) is 69.7 Å². The monoisotopic (exact) mass is 434 g/mol. The molecule has 3 rings (SSSR count). The van der Waals surface area contributed by atoms with E-state index in [1.54, 1.807) is 14.2 Å². The number of carbonyl (C=O) groups excluding carboxylic acids is 1. The summed E-state index contributed by atoms with van der Waals surface area (Å²) in [7, 11) is 3.39. The second-order valence-corrected chi connectivity index (χ2v) is 10.2. The molecule has 0 amide bonds. The topological polar surface area (TPSA) is 35.5 Å². The predicted octanol–water partition coefficient (Wildman–Crippen LogP) is 6.42. The molecule has 0 heterocycles. The molecule has 0 spiro atoms. The van der Waals surface area contributed by atoms with Crippen LogP contribution in [0.2, 0.25) is 0 Å². The summed E-state index contributed by atoms with van der Waals surface area (Å²) < 4.78 is 10.9. The molecule has 3 heteroatoms. The molecule has 0 saturated carbocycles. The molecule has 0 aromatic heterocycles. The van der Waals surface area contributed by atoms with Gasteiger partial charge in [0.1, 0.15) is 5.76 Å². The van der Waals surface area contributed by atoms with Crippen molar-refractivity contribution >= 4 is 5.78 Å². The molecule has 2 atom stereocenters. The Balaban J connectivity index is 1.69. The van der Waals surface area contributed by atoms with E-state index in [0.717, 1.165) is 36.2 Å². The van der Waals surface area contributed by atoms with Crippen LogP contribution < -0.4 is 0 Å². The van der Waals surface area contributed by atoms with Crippen molar-refractivity contribution in [3.8, 4) is 0 Å². The summed E-state index contributed by atoms with van der Waals surface area (Å²) >= 11 is 0. The van der Waals surface area contributed by atoms with E-state index in [1.165, 1.54) is 22.3 Å². The second kappa shape index (κ2) is 10.0. The van der Waals surface area contributed by atoms with Gasteiger partial charge in [0, 0.05) is 18.9 Å². The molecule has 0 bridgehead atoms. The van der Waals surface area contributed by atoms with Crippen molar-refractivity contribution < 1.29 is 14.3 Å². The maximum atomic E-state index is 13.4. The average molecular weight is 435 g/mol. The molecule has 32 heavy (non-hydrogen) atoms. The summed E-state index contributed by atoms with van der Waals surface area (Å²) in [5.74, 6) is 1.11. The van der Waals surface area contributed by atoms with Gasteiger partial charge in [-0.3, -0.25) is 4.79 Å². The first-order valence-corrected chi connectivity index (χ1v) is 11.6. The highest BCUT2D eigenvalue weighted by Gasteiger charge is 2.29. The zero-order chi connectivity index (χ0) is 23.5. The first kappa shape index (κ1) is 24.3. The Hall–Kier alpha value is -2.39. The van der Waals surface area contributed by atoms with Crippen molar-refractivity contribution in [2.45, 2.75) is 59.3 Å². The lowest BCUT2D eigenvalue weighted by Gasteiger charge is -2.25. The van der Waals surface area contributed by atoms with Gasteiger partial charge in [0.25, 0.3) is 0 Å². The lowest BCUT2D eigenvalue weighted by Crippen LogP contribution is -2.22. The fraction of sp³-hybridized carbons (Fsp3) is 0.483. The van der Waals surface area contributed by atoms with Gasteiger partial charge in [0.15, 0.2) is 5.78 Å². The van der Waals surface area contributed by atoms with Crippen LogP contribution in [-0.2, 0) is 26.1 Å². The highest BCUT2D eigenvalue weighted by Crippen LogP contribution is 2.34. The number of hydrogen-bond acceptors (Lipinski definition) is 3. The molecule has 1 aromatic rings. The zero-order valence-corrected chi connectivity index (χ0v) is 20.7. The normalized spacial score (nSPS) is 19.7. The molecular weight excluding hydrogens is 396 g/mol. The van der Waals surface area contributed by atoms with E-state index >= 15 is 0 Å². The number of rotatable bonds is 8. The van der Waals surface area contributed by atoms with Crippen LogP contribution in [0.25, 0.3) is 0 Å². The molecule has 172 valence electrons. The number of ether oxygens (including phenoxy) is 2. The van der Waals surface area contributed by atoms with E-state index in [2.05, 4.69) is 58.0 Å². The third-order valence-electron chi connectivity index (χ3n) is 6.72. The summed E-state index contributed by atoms with van der Waals surface area (Å²) in [4.78, 5) is 13.4.